The molecule has 0 heterocycles. The molecular weight excluding hydrogens is 142 g/mol. The third kappa shape index (κ3) is 3.68. The summed E-state index contributed by atoms with van der Waals surface area (Å²) in [4.78, 5) is 0. The summed E-state index contributed by atoms with van der Waals surface area (Å²) in [7, 11) is 3.61. The quantitative estimate of drug-likeness (QED) is 0.581. The van der Waals surface area contributed by atoms with Gasteiger partial charge in [-0.1, -0.05) is 6.58 Å². The molecule has 0 aromatic heterocycles. The van der Waals surface area contributed by atoms with Crippen LogP contribution < -0.4 is 5.32 Å². The summed E-state index contributed by atoms with van der Waals surface area (Å²) in [6, 6.07) is 0. The van der Waals surface area contributed by atoms with E-state index >= 15 is 0 Å². The Bertz CT molecular complexity index is 152. The lowest BCUT2D eigenvalue weighted by molar-refractivity contribution is -0.622. The van der Waals surface area contributed by atoms with Crippen LogP contribution >= 0.6 is 0 Å². The number of rotatable bonds is 5. The monoisotopic (exact) mass is 158 g/mol. The van der Waals surface area contributed by atoms with E-state index in [4.69, 9.17) is 9.47 Å². The van der Waals surface area contributed by atoms with E-state index < -0.39 is 0 Å². The van der Waals surface area contributed by atoms with Gasteiger partial charge in [0.2, 0.25) is 0 Å². The fourth-order valence-electron chi connectivity index (χ4n) is 0.747. The Morgan fingerprint density at radius 1 is 1.64 bits per heavy atom. The molecular formula is C8H16NO2+. The smallest absolute Gasteiger partial charge is 0.188 e. The maximum atomic E-state index is 5.08. The molecule has 0 aliphatic rings. The van der Waals surface area contributed by atoms with E-state index in [0.717, 1.165) is 18.1 Å². The second-order valence-corrected chi connectivity index (χ2v) is 2.08. The SMILES string of the molecule is C=CO/C(C)=C(\C[NH2+]C)OC. The topological polar surface area (TPSA) is 35.1 Å². The lowest BCUT2D eigenvalue weighted by Gasteiger charge is -2.06. The molecule has 0 aromatic rings. The van der Waals surface area contributed by atoms with Gasteiger partial charge in [0.05, 0.1) is 20.4 Å². The van der Waals surface area contributed by atoms with Crippen molar-refractivity contribution in [3.63, 3.8) is 0 Å². The Hall–Kier alpha value is -0.960. The molecule has 0 amide bonds. The van der Waals surface area contributed by atoms with Crippen LogP contribution in [-0.4, -0.2) is 20.7 Å². The Morgan fingerprint density at radius 2 is 2.27 bits per heavy atom. The van der Waals surface area contributed by atoms with Gasteiger partial charge in [-0.3, -0.25) is 0 Å². The largest absolute Gasteiger partial charge is 0.492 e. The van der Waals surface area contributed by atoms with Gasteiger partial charge in [-0.25, -0.2) is 0 Å². The molecule has 2 N–H and O–H groups in total. The average molecular weight is 158 g/mol. The second kappa shape index (κ2) is 5.80. The standard InChI is InChI=1S/C8H15NO2/c1-5-11-7(2)8(10-4)6-9-3/h5,9H,1,6H2,2-4H3/p+1/b8-7+. The molecule has 0 saturated carbocycles. The van der Waals surface area contributed by atoms with E-state index in [-0.39, 0.29) is 0 Å². The van der Waals surface area contributed by atoms with Crippen molar-refractivity contribution in [3.05, 3.63) is 24.4 Å². The highest BCUT2D eigenvalue weighted by Crippen LogP contribution is 2.03. The maximum Gasteiger partial charge on any atom is 0.188 e. The third-order valence-electron chi connectivity index (χ3n) is 1.29. The fraction of sp³-hybridized carbons (Fsp3) is 0.500. The van der Waals surface area contributed by atoms with Crippen molar-refractivity contribution >= 4 is 0 Å². The van der Waals surface area contributed by atoms with Crippen LogP contribution in [0.2, 0.25) is 0 Å². The zero-order valence-electron chi connectivity index (χ0n) is 7.39. The first-order valence-corrected chi connectivity index (χ1v) is 3.55. The molecule has 0 unspecified atom stereocenters. The maximum absolute atomic E-state index is 5.08. The van der Waals surface area contributed by atoms with Gasteiger partial charge < -0.3 is 14.8 Å². The number of allylic oxidation sites excluding steroid dienone is 1. The van der Waals surface area contributed by atoms with E-state index in [0.29, 0.717) is 0 Å². The number of ether oxygens (including phenoxy) is 2. The molecule has 0 spiro atoms. The van der Waals surface area contributed by atoms with Gasteiger partial charge >= 0.3 is 0 Å². The van der Waals surface area contributed by atoms with Gasteiger partial charge in [0.1, 0.15) is 12.3 Å². The normalized spacial score (nSPS) is 11.9. The first kappa shape index (κ1) is 10.0. The van der Waals surface area contributed by atoms with E-state index in [1.54, 1.807) is 7.11 Å². The Morgan fingerprint density at radius 3 is 2.64 bits per heavy atom. The van der Waals surface area contributed by atoms with Gasteiger partial charge in [-0.05, 0) is 6.92 Å². The Labute approximate surface area is 67.7 Å². The molecule has 0 aromatic carbocycles. The molecule has 3 heteroatoms. The van der Waals surface area contributed by atoms with Crippen molar-refractivity contribution in [1.29, 1.82) is 0 Å². The first-order chi connectivity index (χ1) is 5.26. The highest BCUT2D eigenvalue weighted by molar-refractivity contribution is 4.99. The Kier molecular flexibility index (Phi) is 5.29. The molecule has 0 saturated heterocycles. The lowest BCUT2D eigenvalue weighted by atomic mass is 10.4. The van der Waals surface area contributed by atoms with E-state index in [1.165, 1.54) is 6.26 Å². The highest BCUT2D eigenvalue weighted by Gasteiger charge is 2.02. The molecule has 0 aliphatic heterocycles. The summed E-state index contributed by atoms with van der Waals surface area (Å²) in [6.45, 7) is 6.09. The van der Waals surface area contributed by atoms with Gasteiger partial charge in [0.25, 0.3) is 0 Å². The van der Waals surface area contributed by atoms with Gasteiger partial charge in [-0.2, -0.15) is 0 Å². The minimum Gasteiger partial charge on any atom is -0.492 e. The van der Waals surface area contributed by atoms with E-state index in [2.05, 4.69) is 6.58 Å². The summed E-state index contributed by atoms with van der Waals surface area (Å²) in [5.41, 5.74) is 0. The molecule has 0 rings (SSSR count). The zero-order valence-corrected chi connectivity index (χ0v) is 7.39. The molecule has 0 radical (unpaired) electrons. The summed E-state index contributed by atoms with van der Waals surface area (Å²) < 4.78 is 10.1. The molecule has 0 fully saturated rings. The van der Waals surface area contributed by atoms with E-state index in [1.807, 2.05) is 19.3 Å². The predicted molar refractivity (Wildman–Crippen MR) is 43.7 cm³/mol. The van der Waals surface area contributed by atoms with Crippen molar-refractivity contribution in [3.8, 4) is 0 Å². The van der Waals surface area contributed by atoms with Crippen LogP contribution in [0.4, 0.5) is 0 Å². The summed E-state index contributed by atoms with van der Waals surface area (Å²) in [5, 5.41) is 2.01. The summed E-state index contributed by atoms with van der Waals surface area (Å²) in [6.07, 6.45) is 1.39. The summed E-state index contributed by atoms with van der Waals surface area (Å²) >= 11 is 0. The zero-order chi connectivity index (χ0) is 8.69. The van der Waals surface area contributed by atoms with Crippen molar-refractivity contribution in [2.75, 3.05) is 20.7 Å². The number of hydrogen-bond acceptors (Lipinski definition) is 2. The van der Waals surface area contributed by atoms with Crippen molar-refractivity contribution < 1.29 is 14.8 Å². The lowest BCUT2D eigenvalue weighted by Crippen LogP contribution is -2.80. The van der Waals surface area contributed by atoms with E-state index in [9.17, 15) is 0 Å². The van der Waals surface area contributed by atoms with Crippen LogP contribution in [0, 0.1) is 0 Å². The van der Waals surface area contributed by atoms with Crippen LogP contribution in [0.15, 0.2) is 24.4 Å². The Balaban J connectivity index is 4.13. The number of nitrogens with two attached hydrogens (primary N) is 1. The number of quaternary nitrogens is 1. The highest BCUT2D eigenvalue weighted by atomic mass is 16.5. The predicted octanol–water partition coefficient (Wildman–Crippen LogP) is 0.218. The first-order valence-electron chi connectivity index (χ1n) is 3.55. The van der Waals surface area contributed by atoms with Crippen molar-refractivity contribution in [2.45, 2.75) is 6.92 Å². The molecule has 3 nitrogen and oxygen atoms in total. The summed E-state index contributed by atoms with van der Waals surface area (Å²) in [5.74, 6) is 1.60. The van der Waals surface area contributed by atoms with Gasteiger partial charge in [-0.15, -0.1) is 0 Å². The minimum atomic E-state index is 0.764. The molecule has 0 atom stereocenters. The van der Waals surface area contributed by atoms with Crippen LogP contribution in [-0.2, 0) is 9.47 Å². The second-order valence-electron chi connectivity index (χ2n) is 2.08. The van der Waals surface area contributed by atoms with Crippen LogP contribution in [0.5, 0.6) is 0 Å². The number of methoxy groups -OCH3 is 1. The third-order valence-corrected chi connectivity index (χ3v) is 1.29. The molecule has 11 heavy (non-hydrogen) atoms. The van der Waals surface area contributed by atoms with Crippen LogP contribution in [0.1, 0.15) is 6.92 Å². The minimum absolute atomic E-state index is 0.764. The van der Waals surface area contributed by atoms with Gasteiger partial charge in [0, 0.05) is 0 Å². The van der Waals surface area contributed by atoms with Crippen LogP contribution in [0.3, 0.4) is 0 Å². The number of likely N-dealkylation sites (N-methyl/N-ethyl adjacent to an activating group) is 1. The molecule has 0 bridgehead atoms. The van der Waals surface area contributed by atoms with Crippen LogP contribution in [0.25, 0.3) is 0 Å². The van der Waals surface area contributed by atoms with Crippen molar-refractivity contribution in [1.82, 2.24) is 0 Å². The number of hydrogen-bond donors (Lipinski definition) is 1. The molecule has 0 aliphatic carbocycles. The average Bonchev–Trinajstić information content (AvgIpc) is 2.00. The fourth-order valence-corrected chi connectivity index (χ4v) is 0.747. The van der Waals surface area contributed by atoms with Crippen molar-refractivity contribution in [2.24, 2.45) is 0 Å². The molecule has 64 valence electrons. The van der Waals surface area contributed by atoms with Gasteiger partial charge in [0.15, 0.2) is 5.76 Å².